The Labute approximate surface area is 137 Å². The Balaban J connectivity index is 2.27. The molecule has 1 saturated heterocycles. The van der Waals surface area contributed by atoms with E-state index >= 15 is 0 Å². The molecule has 1 amide bonds. The van der Waals surface area contributed by atoms with Crippen LogP contribution in [0, 0.1) is 11.7 Å². The number of sulfonamides is 1. The number of rotatable bonds is 4. The van der Waals surface area contributed by atoms with Crippen molar-refractivity contribution in [2.45, 2.75) is 32.7 Å². The summed E-state index contributed by atoms with van der Waals surface area (Å²) in [5, 5.41) is 0. The highest BCUT2D eigenvalue weighted by Gasteiger charge is 2.33. The number of carbonyl (C=O) groups is 1. The summed E-state index contributed by atoms with van der Waals surface area (Å²) in [7, 11) is -3.71. The van der Waals surface area contributed by atoms with E-state index in [4.69, 9.17) is 0 Å². The van der Waals surface area contributed by atoms with E-state index in [1.54, 1.807) is 11.8 Å². The monoisotopic (exact) mass is 342 g/mol. The largest absolute Gasteiger partial charge is 0.341 e. The smallest absolute Gasteiger partial charge is 0.246 e. The predicted octanol–water partition coefficient (Wildman–Crippen LogP) is 2.24. The summed E-state index contributed by atoms with van der Waals surface area (Å²) in [6, 6.07) is 4.39. The Hall–Kier alpha value is -1.63. The summed E-state index contributed by atoms with van der Waals surface area (Å²) >= 11 is 0. The molecule has 0 unspecified atom stereocenters. The molecule has 0 radical (unpaired) electrons. The topological polar surface area (TPSA) is 57.7 Å². The molecular weight excluding hydrogens is 319 g/mol. The van der Waals surface area contributed by atoms with Crippen LogP contribution in [0.2, 0.25) is 0 Å². The quantitative estimate of drug-likeness (QED) is 0.843. The van der Waals surface area contributed by atoms with Crippen molar-refractivity contribution in [1.82, 2.24) is 4.90 Å². The maximum atomic E-state index is 13.5. The number of benzene rings is 1. The van der Waals surface area contributed by atoms with E-state index in [9.17, 15) is 17.6 Å². The van der Waals surface area contributed by atoms with Gasteiger partial charge in [0.15, 0.2) is 0 Å². The standard InChI is InChI=1S/C16H23FN2O3S/c1-12-7-9-18(10-8-12)16(20)13(2)19(23(3,21)22)15-6-4-5-14(17)11-15/h4-6,11-13H,7-10H2,1-3H3/t13-/m1/s1. The van der Waals surface area contributed by atoms with Gasteiger partial charge in [-0.2, -0.15) is 0 Å². The highest BCUT2D eigenvalue weighted by molar-refractivity contribution is 7.92. The first kappa shape index (κ1) is 17.7. The van der Waals surface area contributed by atoms with Gasteiger partial charge >= 0.3 is 0 Å². The van der Waals surface area contributed by atoms with Gasteiger partial charge in [-0.1, -0.05) is 13.0 Å². The van der Waals surface area contributed by atoms with Gasteiger partial charge in [0.05, 0.1) is 11.9 Å². The first-order chi connectivity index (χ1) is 10.7. The number of carbonyl (C=O) groups excluding carboxylic acids is 1. The summed E-state index contributed by atoms with van der Waals surface area (Å²) < 4.78 is 38.8. The highest BCUT2D eigenvalue weighted by Crippen LogP contribution is 2.24. The van der Waals surface area contributed by atoms with Crippen molar-refractivity contribution in [3.8, 4) is 0 Å². The molecule has 0 aliphatic carbocycles. The highest BCUT2D eigenvalue weighted by atomic mass is 32.2. The van der Waals surface area contributed by atoms with E-state index in [1.807, 2.05) is 0 Å². The molecule has 0 bridgehead atoms. The Morgan fingerprint density at radius 2 is 1.96 bits per heavy atom. The number of amides is 1. The molecule has 5 nitrogen and oxygen atoms in total. The van der Waals surface area contributed by atoms with Gasteiger partial charge in [-0.15, -0.1) is 0 Å². The molecule has 1 aliphatic rings. The van der Waals surface area contributed by atoms with E-state index < -0.39 is 21.9 Å². The zero-order valence-electron chi connectivity index (χ0n) is 13.7. The molecule has 23 heavy (non-hydrogen) atoms. The van der Waals surface area contributed by atoms with Crippen LogP contribution in [0.5, 0.6) is 0 Å². The average molecular weight is 342 g/mol. The average Bonchev–Trinajstić information content (AvgIpc) is 2.46. The molecule has 128 valence electrons. The van der Waals surface area contributed by atoms with Crippen LogP contribution in [0.1, 0.15) is 26.7 Å². The van der Waals surface area contributed by atoms with Crippen LogP contribution >= 0.6 is 0 Å². The van der Waals surface area contributed by atoms with E-state index in [1.165, 1.54) is 18.2 Å². The first-order valence-electron chi connectivity index (χ1n) is 7.74. The Bertz CT molecular complexity index is 670. The molecule has 1 aromatic rings. The summed E-state index contributed by atoms with van der Waals surface area (Å²) in [4.78, 5) is 14.4. The van der Waals surface area contributed by atoms with Crippen molar-refractivity contribution in [2.75, 3.05) is 23.7 Å². The molecule has 1 aliphatic heterocycles. The van der Waals surface area contributed by atoms with E-state index in [-0.39, 0.29) is 11.6 Å². The summed E-state index contributed by atoms with van der Waals surface area (Å²) in [5.74, 6) is -0.210. The molecule has 1 atom stereocenters. The number of halogens is 1. The Kier molecular flexibility index (Phi) is 5.29. The van der Waals surface area contributed by atoms with Crippen LogP contribution in [0.4, 0.5) is 10.1 Å². The van der Waals surface area contributed by atoms with Gasteiger partial charge in [0.25, 0.3) is 0 Å². The molecular formula is C16H23FN2O3S. The molecule has 0 aromatic heterocycles. The summed E-state index contributed by atoms with van der Waals surface area (Å²) in [6.07, 6.45) is 2.86. The molecule has 7 heteroatoms. The summed E-state index contributed by atoms with van der Waals surface area (Å²) in [5.41, 5.74) is 0.165. The minimum absolute atomic E-state index is 0.165. The van der Waals surface area contributed by atoms with E-state index in [0.29, 0.717) is 19.0 Å². The minimum Gasteiger partial charge on any atom is -0.341 e. The number of anilines is 1. The van der Waals surface area contributed by atoms with Crippen molar-refractivity contribution in [3.05, 3.63) is 30.1 Å². The Morgan fingerprint density at radius 1 is 1.35 bits per heavy atom. The lowest BCUT2D eigenvalue weighted by molar-refractivity contribution is -0.133. The lowest BCUT2D eigenvalue weighted by atomic mass is 9.99. The fraction of sp³-hybridized carbons (Fsp3) is 0.562. The van der Waals surface area contributed by atoms with Crippen molar-refractivity contribution >= 4 is 21.6 Å². The van der Waals surface area contributed by atoms with Gasteiger partial charge in [-0.25, -0.2) is 12.8 Å². The number of nitrogens with zero attached hydrogens (tertiary/aromatic N) is 2. The third-order valence-corrected chi connectivity index (χ3v) is 5.47. The predicted molar refractivity (Wildman–Crippen MR) is 88.2 cm³/mol. The second-order valence-corrected chi connectivity index (χ2v) is 8.08. The second-order valence-electron chi connectivity index (χ2n) is 6.22. The third kappa shape index (κ3) is 4.22. The van der Waals surface area contributed by atoms with Gasteiger partial charge in [-0.05, 0) is 43.9 Å². The lowest BCUT2D eigenvalue weighted by Crippen LogP contribution is -2.51. The molecule has 0 spiro atoms. The van der Waals surface area contributed by atoms with Gasteiger partial charge in [-0.3, -0.25) is 9.10 Å². The third-order valence-electron chi connectivity index (χ3n) is 4.22. The van der Waals surface area contributed by atoms with Crippen LogP contribution in [0.3, 0.4) is 0 Å². The van der Waals surface area contributed by atoms with Crippen LogP contribution in [0.15, 0.2) is 24.3 Å². The fourth-order valence-corrected chi connectivity index (χ4v) is 4.07. The van der Waals surface area contributed by atoms with Crippen molar-refractivity contribution in [1.29, 1.82) is 0 Å². The zero-order valence-corrected chi connectivity index (χ0v) is 14.5. The number of likely N-dealkylation sites (tertiary alicyclic amines) is 1. The van der Waals surface area contributed by atoms with E-state index in [0.717, 1.165) is 29.5 Å². The zero-order chi connectivity index (χ0) is 17.2. The van der Waals surface area contributed by atoms with Gasteiger partial charge < -0.3 is 4.90 Å². The molecule has 1 heterocycles. The molecule has 0 saturated carbocycles. The molecule has 1 aromatic carbocycles. The summed E-state index contributed by atoms with van der Waals surface area (Å²) in [6.45, 7) is 4.95. The van der Waals surface area contributed by atoms with Gasteiger partial charge in [0, 0.05) is 13.1 Å². The van der Waals surface area contributed by atoms with Crippen molar-refractivity contribution in [3.63, 3.8) is 0 Å². The van der Waals surface area contributed by atoms with Gasteiger partial charge in [0.2, 0.25) is 15.9 Å². The van der Waals surface area contributed by atoms with Gasteiger partial charge in [0.1, 0.15) is 11.9 Å². The molecule has 0 N–H and O–H groups in total. The van der Waals surface area contributed by atoms with Crippen LogP contribution in [0.25, 0.3) is 0 Å². The van der Waals surface area contributed by atoms with Crippen molar-refractivity contribution in [2.24, 2.45) is 5.92 Å². The SMILES string of the molecule is CC1CCN(C(=O)[C@@H](C)N(c2cccc(F)c2)S(C)(=O)=O)CC1. The maximum Gasteiger partial charge on any atom is 0.246 e. The Morgan fingerprint density at radius 3 is 2.48 bits per heavy atom. The number of piperidine rings is 1. The lowest BCUT2D eigenvalue weighted by Gasteiger charge is -2.35. The van der Waals surface area contributed by atoms with E-state index in [2.05, 4.69) is 6.92 Å². The van der Waals surface area contributed by atoms with Crippen LogP contribution in [-0.4, -0.2) is 44.6 Å². The number of hydrogen-bond donors (Lipinski definition) is 0. The van der Waals surface area contributed by atoms with Crippen molar-refractivity contribution < 1.29 is 17.6 Å². The minimum atomic E-state index is -3.71. The van der Waals surface area contributed by atoms with Crippen LogP contribution < -0.4 is 4.31 Å². The molecule has 2 rings (SSSR count). The number of hydrogen-bond acceptors (Lipinski definition) is 3. The molecule has 1 fully saturated rings. The normalized spacial score (nSPS) is 17.8. The second kappa shape index (κ2) is 6.86. The first-order valence-corrected chi connectivity index (χ1v) is 9.58. The maximum absolute atomic E-state index is 13.5. The fourth-order valence-electron chi connectivity index (χ4n) is 2.91. The van der Waals surface area contributed by atoms with Crippen LogP contribution in [-0.2, 0) is 14.8 Å².